The molecule has 1 aliphatic rings. The lowest BCUT2D eigenvalue weighted by molar-refractivity contribution is 0.610. The van der Waals surface area contributed by atoms with Crippen molar-refractivity contribution in [3.8, 4) is 0 Å². The number of nitrogens with zero attached hydrogens (tertiary/aromatic N) is 1. The summed E-state index contributed by atoms with van der Waals surface area (Å²) in [7, 11) is 6.25. The largest absolute Gasteiger partial charge is 0.350 e. The summed E-state index contributed by atoms with van der Waals surface area (Å²) in [6.07, 6.45) is 3.35. The van der Waals surface area contributed by atoms with Gasteiger partial charge in [0.15, 0.2) is 0 Å². The molecular weight excluding hydrogens is 386 g/mol. The van der Waals surface area contributed by atoms with Crippen molar-refractivity contribution in [2.75, 3.05) is 0 Å². The second kappa shape index (κ2) is 7.42. The van der Waals surface area contributed by atoms with E-state index < -0.39 is 0 Å². The molecule has 3 atom stereocenters. The molecule has 0 N–H and O–H groups in total. The summed E-state index contributed by atoms with van der Waals surface area (Å²) in [6.45, 7) is 0. The zero-order valence-electron chi connectivity index (χ0n) is 15.1. The fraction of sp³-hybridized carbons (Fsp3) is 0.217. The van der Waals surface area contributed by atoms with E-state index in [1.807, 2.05) is 22.1 Å². The molecule has 1 aliphatic heterocycles. The van der Waals surface area contributed by atoms with E-state index in [1.54, 1.807) is 0 Å². The summed E-state index contributed by atoms with van der Waals surface area (Å²) in [5.74, 6) is 0.543. The number of rotatable bonds is 3. The minimum atomic E-state index is 0.504. The Morgan fingerprint density at radius 3 is 2.26 bits per heavy atom. The van der Waals surface area contributed by atoms with E-state index in [0.29, 0.717) is 16.4 Å². The van der Waals surface area contributed by atoms with Crippen LogP contribution < -0.4 is 0 Å². The Kier molecular flexibility index (Phi) is 4.80. The molecule has 3 heterocycles. The van der Waals surface area contributed by atoms with Gasteiger partial charge in [-0.1, -0.05) is 82.3 Å². The van der Waals surface area contributed by atoms with Crippen LogP contribution in [0.2, 0.25) is 0 Å². The smallest absolute Gasteiger partial charge is 0.0590 e. The van der Waals surface area contributed by atoms with E-state index in [-0.39, 0.29) is 0 Å². The van der Waals surface area contributed by atoms with Gasteiger partial charge in [0.25, 0.3) is 0 Å². The summed E-state index contributed by atoms with van der Waals surface area (Å²) in [5.41, 5.74) is 4.26. The molecule has 27 heavy (non-hydrogen) atoms. The summed E-state index contributed by atoms with van der Waals surface area (Å²) in [4.78, 5) is 1.53. The SMILES string of the molecule is Cn1ccc2sc(C3CC(c4ccccc4)SSC3c3ccccc3)cc21. The highest BCUT2D eigenvalue weighted by Crippen LogP contribution is 2.61. The Balaban J connectivity index is 1.54. The van der Waals surface area contributed by atoms with Crippen LogP contribution in [0.15, 0.2) is 79.0 Å². The van der Waals surface area contributed by atoms with Crippen LogP contribution in [0.25, 0.3) is 10.2 Å². The van der Waals surface area contributed by atoms with Crippen LogP contribution in [0.1, 0.15) is 38.8 Å². The average molecular weight is 408 g/mol. The number of fused-ring (bicyclic) bond motifs is 1. The number of benzene rings is 2. The van der Waals surface area contributed by atoms with Crippen molar-refractivity contribution >= 4 is 43.1 Å². The van der Waals surface area contributed by atoms with Crippen molar-refractivity contribution < 1.29 is 0 Å². The van der Waals surface area contributed by atoms with E-state index in [2.05, 4.69) is 101 Å². The highest BCUT2D eigenvalue weighted by Gasteiger charge is 2.35. The maximum atomic E-state index is 2.43. The quantitative estimate of drug-likeness (QED) is 0.322. The van der Waals surface area contributed by atoms with Gasteiger partial charge in [-0.25, -0.2) is 0 Å². The predicted octanol–water partition coefficient (Wildman–Crippen LogP) is 7.59. The van der Waals surface area contributed by atoms with Gasteiger partial charge in [-0.2, -0.15) is 0 Å². The molecule has 0 saturated carbocycles. The molecule has 2 aromatic heterocycles. The van der Waals surface area contributed by atoms with Crippen molar-refractivity contribution in [2.45, 2.75) is 22.8 Å². The number of thiophene rings is 1. The number of aromatic nitrogens is 1. The highest BCUT2D eigenvalue weighted by molar-refractivity contribution is 8.76. The van der Waals surface area contributed by atoms with Gasteiger partial charge in [-0.05, 0) is 29.7 Å². The van der Waals surface area contributed by atoms with Crippen molar-refractivity contribution in [2.24, 2.45) is 7.05 Å². The fourth-order valence-corrected chi connectivity index (χ4v) is 8.76. The third-order valence-electron chi connectivity index (χ3n) is 5.36. The maximum Gasteiger partial charge on any atom is 0.0590 e. The van der Waals surface area contributed by atoms with Crippen LogP contribution in [0.3, 0.4) is 0 Å². The number of aryl methyl sites for hydroxylation is 1. The van der Waals surface area contributed by atoms with E-state index >= 15 is 0 Å². The minimum absolute atomic E-state index is 0.504. The van der Waals surface area contributed by atoms with Crippen molar-refractivity contribution in [3.05, 3.63) is 95.0 Å². The average Bonchev–Trinajstić information content (AvgIpc) is 3.31. The Hall–Kier alpha value is -1.62. The molecule has 0 amide bonds. The van der Waals surface area contributed by atoms with Gasteiger partial charge < -0.3 is 4.57 Å². The zero-order chi connectivity index (χ0) is 18.2. The molecule has 0 bridgehead atoms. The number of hydrogen-bond donors (Lipinski definition) is 0. The zero-order valence-corrected chi connectivity index (χ0v) is 17.6. The Morgan fingerprint density at radius 1 is 0.852 bits per heavy atom. The Labute approximate surface area is 172 Å². The fourth-order valence-electron chi connectivity index (χ4n) is 3.89. The third-order valence-corrected chi connectivity index (χ3v) is 9.85. The monoisotopic (exact) mass is 407 g/mol. The Morgan fingerprint density at radius 2 is 1.56 bits per heavy atom. The molecule has 136 valence electrons. The van der Waals surface area contributed by atoms with Crippen molar-refractivity contribution in [1.82, 2.24) is 4.57 Å². The maximum absolute atomic E-state index is 2.43. The van der Waals surface area contributed by atoms with Gasteiger partial charge in [0.05, 0.1) is 10.2 Å². The molecule has 0 aliphatic carbocycles. The van der Waals surface area contributed by atoms with Crippen LogP contribution in [0.4, 0.5) is 0 Å². The molecule has 1 fully saturated rings. The topological polar surface area (TPSA) is 4.93 Å². The lowest BCUT2D eigenvalue weighted by Gasteiger charge is -2.35. The van der Waals surface area contributed by atoms with Crippen LogP contribution in [0, 0.1) is 0 Å². The summed E-state index contributed by atoms with van der Waals surface area (Å²) in [6, 6.07) is 26.7. The van der Waals surface area contributed by atoms with Crippen LogP contribution in [0.5, 0.6) is 0 Å². The highest BCUT2D eigenvalue weighted by atomic mass is 33.1. The molecule has 2 aromatic carbocycles. The molecule has 4 heteroatoms. The van der Waals surface area contributed by atoms with E-state index in [1.165, 1.54) is 32.6 Å². The molecular formula is C23H21NS3. The lowest BCUT2D eigenvalue weighted by atomic mass is 9.90. The number of hydrogen-bond acceptors (Lipinski definition) is 3. The van der Waals surface area contributed by atoms with E-state index in [0.717, 1.165) is 0 Å². The third kappa shape index (κ3) is 3.35. The lowest BCUT2D eigenvalue weighted by Crippen LogP contribution is -2.14. The van der Waals surface area contributed by atoms with Gasteiger partial charge in [0.1, 0.15) is 0 Å². The van der Waals surface area contributed by atoms with Gasteiger partial charge in [0, 0.05) is 34.5 Å². The molecule has 5 rings (SSSR count). The van der Waals surface area contributed by atoms with E-state index in [4.69, 9.17) is 0 Å². The van der Waals surface area contributed by atoms with Crippen LogP contribution in [-0.2, 0) is 7.05 Å². The van der Waals surface area contributed by atoms with Gasteiger partial charge in [0.2, 0.25) is 0 Å². The second-order valence-electron chi connectivity index (χ2n) is 7.09. The molecule has 4 aromatic rings. The summed E-state index contributed by atoms with van der Waals surface area (Å²) in [5, 5.41) is 1.05. The van der Waals surface area contributed by atoms with E-state index in [9.17, 15) is 0 Å². The first-order chi connectivity index (χ1) is 13.3. The predicted molar refractivity (Wildman–Crippen MR) is 122 cm³/mol. The first kappa shape index (κ1) is 17.5. The molecule has 1 saturated heterocycles. The molecule has 0 radical (unpaired) electrons. The minimum Gasteiger partial charge on any atom is -0.350 e. The van der Waals surface area contributed by atoms with Crippen molar-refractivity contribution in [1.29, 1.82) is 0 Å². The molecule has 0 spiro atoms. The Bertz CT molecular complexity index is 1040. The standard InChI is InChI=1S/C23H21NS3/c1-24-13-12-20-19(24)15-22(25-20)18-14-21(16-8-4-2-5-9-16)26-27-23(18)17-10-6-3-7-11-17/h2-13,15,18,21,23H,14H2,1H3. The first-order valence-corrected chi connectivity index (χ1v) is 12.4. The van der Waals surface area contributed by atoms with Crippen molar-refractivity contribution in [3.63, 3.8) is 0 Å². The normalized spacial score (nSPS) is 22.9. The van der Waals surface area contributed by atoms with Crippen LogP contribution in [-0.4, -0.2) is 4.57 Å². The molecule has 1 nitrogen and oxygen atoms in total. The van der Waals surface area contributed by atoms with Gasteiger partial charge in [-0.15, -0.1) is 11.3 Å². The summed E-state index contributed by atoms with van der Waals surface area (Å²) < 4.78 is 3.64. The second-order valence-corrected chi connectivity index (χ2v) is 10.8. The molecule has 3 unspecified atom stereocenters. The summed E-state index contributed by atoms with van der Waals surface area (Å²) >= 11 is 1.98. The van der Waals surface area contributed by atoms with Crippen LogP contribution >= 0.6 is 32.9 Å². The van der Waals surface area contributed by atoms with Gasteiger partial charge >= 0.3 is 0 Å². The first-order valence-electron chi connectivity index (χ1n) is 9.26. The van der Waals surface area contributed by atoms with Gasteiger partial charge in [-0.3, -0.25) is 0 Å².